The number of nitrogens with one attached hydrogen (secondary N) is 1. The van der Waals surface area contributed by atoms with Gasteiger partial charge in [-0.25, -0.2) is 17.5 Å². The Morgan fingerprint density at radius 3 is 2.48 bits per heavy atom. The number of anilines is 1. The molecule has 0 aliphatic heterocycles. The van der Waals surface area contributed by atoms with Crippen molar-refractivity contribution in [2.45, 2.75) is 31.1 Å². The largest absolute Gasteiger partial charge is 0.338 e. The van der Waals surface area contributed by atoms with Crippen LogP contribution >= 0.6 is 15.9 Å². The van der Waals surface area contributed by atoms with Crippen molar-refractivity contribution in [2.24, 2.45) is 0 Å². The molecule has 0 fully saturated rings. The zero-order valence-electron chi connectivity index (χ0n) is 11.6. The standard InChI is InChI=1S/C13H14BrFN2O3S/c1-13(2,3)11-7-12(20-16-11)17-21(18,19)8-4-5-9(14)10(15)6-8/h4-7,17H,1-3H3. The third-order valence-corrected chi connectivity index (χ3v) is 4.70. The Kier molecular flexibility index (Phi) is 4.12. The van der Waals surface area contributed by atoms with Gasteiger partial charge in [-0.1, -0.05) is 25.9 Å². The van der Waals surface area contributed by atoms with Crippen molar-refractivity contribution in [3.8, 4) is 0 Å². The SMILES string of the molecule is CC(C)(C)c1cc(NS(=O)(=O)c2ccc(Br)c(F)c2)on1. The van der Waals surface area contributed by atoms with Gasteiger partial charge in [-0.2, -0.15) is 0 Å². The number of nitrogens with zero attached hydrogens (tertiary/aromatic N) is 1. The maximum absolute atomic E-state index is 13.4. The predicted molar refractivity (Wildman–Crippen MR) is 80.1 cm³/mol. The molecule has 21 heavy (non-hydrogen) atoms. The van der Waals surface area contributed by atoms with Crippen molar-refractivity contribution in [1.29, 1.82) is 0 Å². The van der Waals surface area contributed by atoms with Crippen LogP contribution in [0.15, 0.2) is 38.2 Å². The number of sulfonamides is 1. The first-order valence-electron chi connectivity index (χ1n) is 6.05. The topological polar surface area (TPSA) is 72.2 Å². The van der Waals surface area contributed by atoms with Gasteiger partial charge in [0, 0.05) is 11.5 Å². The Hall–Kier alpha value is -1.41. The quantitative estimate of drug-likeness (QED) is 0.886. The Morgan fingerprint density at radius 2 is 1.95 bits per heavy atom. The summed E-state index contributed by atoms with van der Waals surface area (Å²) in [5.41, 5.74) is 0.346. The Bertz CT molecular complexity index is 766. The van der Waals surface area contributed by atoms with Crippen molar-refractivity contribution < 1.29 is 17.3 Å². The molecule has 0 saturated heterocycles. The van der Waals surface area contributed by atoms with E-state index in [0.29, 0.717) is 5.69 Å². The number of rotatable bonds is 3. The Morgan fingerprint density at radius 1 is 1.29 bits per heavy atom. The first kappa shape index (κ1) is 16.0. The average molecular weight is 377 g/mol. The molecule has 0 spiro atoms. The van der Waals surface area contributed by atoms with Crippen LogP contribution in [0.1, 0.15) is 26.5 Å². The maximum Gasteiger partial charge on any atom is 0.264 e. The number of halogens is 2. The minimum Gasteiger partial charge on any atom is -0.338 e. The summed E-state index contributed by atoms with van der Waals surface area (Å²) < 4.78 is 45.1. The van der Waals surface area contributed by atoms with Gasteiger partial charge in [0.05, 0.1) is 15.1 Å². The van der Waals surface area contributed by atoms with E-state index < -0.39 is 15.8 Å². The van der Waals surface area contributed by atoms with E-state index in [1.807, 2.05) is 20.8 Å². The van der Waals surface area contributed by atoms with Crippen LogP contribution in [0.5, 0.6) is 0 Å². The van der Waals surface area contributed by atoms with Gasteiger partial charge < -0.3 is 4.52 Å². The third-order valence-electron chi connectivity index (χ3n) is 2.71. The molecule has 114 valence electrons. The molecule has 1 heterocycles. The first-order valence-corrected chi connectivity index (χ1v) is 8.32. The highest BCUT2D eigenvalue weighted by Crippen LogP contribution is 2.26. The highest BCUT2D eigenvalue weighted by Gasteiger charge is 2.22. The molecule has 0 aliphatic carbocycles. The van der Waals surface area contributed by atoms with Crippen LogP contribution in [0.3, 0.4) is 0 Å². The lowest BCUT2D eigenvalue weighted by Crippen LogP contribution is -2.13. The molecule has 2 rings (SSSR count). The molecule has 0 saturated carbocycles. The highest BCUT2D eigenvalue weighted by atomic mass is 79.9. The minimum atomic E-state index is -3.93. The minimum absolute atomic E-state index is 0.0109. The van der Waals surface area contributed by atoms with Gasteiger partial charge in [0.25, 0.3) is 10.0 Å². The summed E-state index contributed by atoms with van der Waals surface area (Å²) in [5.74, 6) is -0.672. The second-order valence-corrected chi connectivity index (χ2v) is 8.04. The molecule has 1 aromatic carbocycles. The van der Waals surface area contributed by atoms with E-state index in [9.17, 15) is 12.8 Å². The lowest BCUT2D eigenvalue weighted by atomic mass is 9.92. The van der Waals surface area contributed by atoms with Crippen LogP contribution in [0.2, 0.25) is 0 Å². The average Bonchev–Trinajstić information content (AvgIpc) is 2.80. The normalized spacial score (nSPS) is 12.4. The molecule has 0 atom stereocenters. The van der Waals surface area contributed by atoms with Crippen LogP contribution < -0.4 is 4.72 Å². The summed E-state index contributed by atoms with van der Waals surface area (Å²) in [6.45, 7) is 5.77. The molecule has 2 aromatic rings. The molecular weight excluding hydrogens is 363 g/mol. The first-order chi connectivity index (χ1) is 9.59. The lowest BCUT2D eigenvalue weighted by Gasteiger charge is -2.12. The summed E-state index contributed by atoms with van der Waals surface area (Å²) >= 11 is 2.97. The van der Waals surface area contributed by atoms with E-state index in [1.54, 1.807) is 0 Å². The molecule has 0 radical (unpaired) electrons. The number of hydrogen-bond acceptors (Lipinski definition) is 4. The van der Waals surface area contributed by atoms with Crippen molar-refractivity contribution in [2.75, 3.05) is 4.72 Å². The number of benzene rings is 1. The molecule has 0 unspecified atom stereocenters. The monoisotopic (exact) mass is 376 g/mol. The summed E-state index contributed by atoms with van der Waals surface area (Å²) in [6.07, 6.45) is 0. The predicted octanol–water partition coefficient (Wildman–Crippen LogP) is 3.67. The van der Waals surface area contributed by atoms with Crippen molar-refractivity contribution in [1.82, 2.24) is 5.16 Å². The van der Waals surface area contributed by atoms with Gasteiger partial charge in [0.15, 0.2) is 0 Å². The van der Waals surface area contributed by atoms with Gasteiger partial charge in [0.1, 0.15) is 5.82 Å². The third kappa shape index (κ3) is 3.62. The number of aromatic nitrogens is 1. The molecule has 0 amide bonds. The van der Waals surface area contributed by atoms with E-state index >= 15 is 0 Å². The van der Waals surface area contributed by atoms with Gasteiger partial charge >= 0.3 is 0 Å². The summed E-state index contributed by atoms with van der Waals surface area (Å²) in [6, 6.07) is 5.04. The maximum atomic E-state index is 13.4. The fourth-order valence-electron chi connectivity index (χ4n) is 1.51. The van der Waals surface area contributed by atoms with Crippen LogP contribution in [0.25, 0.3) is 0 Å². The van der Waals surface area contributed by atoms with Gasteiger partial charge in [-0.05, 0) is 34.1 Å². The van der Waals surface area contributed by atoms with Crippen molar-refractivity contribution in [3.05, 3.63) is 40.2 Å². The summed E-state index contributed by atoms with van der Waals surface area (Å²) in [4.78, 5) is -0.197. The highest BCUT2D eigenvalue weighted by molar-refractivity contribution is 9.10. The lowest BCUT2D eigenvalue weighted by molar-refractivity contribution is 0.405. The fourth-order valence-corrected chi connectivity index (χ4v) is 2.74. The van der Waals surface area contributed by atoms with Crippen molar-refractivity contribution >= 4 is 31.8 Å². The second-order valence-electron chi connectivity index (χ2n) is 5.51. The van der Waals surface area contributed by atoms with Crippen LogP contribution in [0, 0.1) is 5.82 Å². The summed E-state index contributed by atoms with van der Waals surface area (Å²) in [5, 5.41) is 3.81. The van der Waals surface area contributed by atoms with Gasteiger partial charge in [-0.15, -0.1) is 0 Å². The summed E-state index contributed by atoms with van der Waals surface area (Å²) in [7, 11) is -3.93. The van der Waals surface area contributed by atoms with E-state index in [2.05, 4.69) is 25.8 Å². The van der Waals surface area contributed by atoms with Gasteiger partial charge in [0.2, 0.25) is 5.88 Å². The van der Waals surface area contributed by atoms with E-state index in [4.69, 9.17) is 4.52 Å². The van der Waals surface area contributed by atoms with E-state index in [-0.39, 0.29) is 20.7 Å². The van der Waals surface area contributed by atoms with Crippen LogP contribution in [-0.2, 0) is 15.4 Å². The number of hydrogen-bond donors (Lipinski definition) is 1. The fraction of sp³-hybridized carbons (Fsp3) is 0.308. The molecular formula is C13H14BrFN2O3S. The van der Waals surface area contributed by atoms with E-state index in [0.717, 1.165) is 6.07 Å². The van der Waals surface area contributed by atoms with Crippen LogP contribution in [-0.4, -0.2) is 13.6 Å². The molecule has 5 nitrogen and oxygen atoms in total. The smallest absolute Gasteiger partial charge is 0.264 e. The Balaban J connectivity index is 2.29. The van der Waals surface area contributed by atoms with Crippen molar-refractivity contribution in [3.63, 3.8) is 0 Å². The van der Waals surface area contributed by atoms with Crippen LogP contribution in [0.4, 0.5) is 10.3 Å². The van der Waals surface area contributed by atoms with E-state index in [1.165, 1.54) is 18.2 Å². The molecule has 8 heteroatoms. The molecule has 0 bridgehead atoms. The molecule has 1 N–H and O–H groups in total. The molecule has 0 aliphatic rings. The zero-order chi connectivity index (χ0) is 15.8. The van der Waals surface area contributed by atoms with Gasteiger partial charge in [-0.3, -0.25) is 0 Å². The Labute approximate surface area is 130 Å². The molecule has 1 aromatic heterocycles. The second kappa shape index (κ2) is 5.42. The zero-order valence-corrected chi connectivity index (χ0v) is 14.0.